The van der Waals surface area contributed by atoms with Crippen LogP contribution in [-0.2, 0) is 17.6 Å². The van der Waals surface area contributed by atoms with Gasteiger partial charge in [0.2, 0.25) is 5.88 Å². The van der Waals surface area contributed by atoms with Crippen LogP contribution >= 0.6 is 12.2 Å². The van der Waals surface area contributed by atoms with Crippen LogP contribution in [0, 0.1) is 5.92 Å². The normalized spacial score (nSPS) is 21.5. The fourth-order valence-electron chi connectivity index (χ4n) is 2.81. The summed E-state index contributed by atoms with van der Waals surface area (Å²) in [6.45, 7) is 2.22. The molecule has 0 bridgehead atoms. The van der Waals surface area contributed by atoms with E-state index in [0.29, 0.717) is 23.4 Å². The lowest BCUT2D eigenvalue weighted by molar-refractivity contribution is 0.165. The summed E-state index contributed by atoms with van der Waals surface area (Å²) in [7, 11) is 0. The van der Waals surface area contributed by atoms with E-state index in [1.54, 1.807) is 0 Å². The molecule has 1 saturated heterocycles. The fraction of sp³-hybridized carbons (Fsp3) is 0.600. The Morgan fingerprint density at radius 1 is 1.45 bits per heavy atom. The number of nitrogens with zero attached hydrogens (tertiary/aromatic N) is 1. The molecule has 1 aliphatic heterocycles. The summed E-state index contributed by atoms with van der Waals surface area (Å²) in [6, 6.07) is 2.07. The highest BCUT2D eigenvalue weighted by molar-refractivity contribution is 7.80. The first-order valence-electron chi connectivity index (χ1n) is 7.27. The number of aryl methyl sites for hydroxylation is 2. The minimum atomic E-state index is 0.364. The summed E-state index contributed by atoms with van der Waals surface area (Å²) in [5.74, 6) is 1.05. The van der Waals surface area contributed by atoms with E-state index >= 15 is 0 Å². The third-order valence-electron chi connectivity index (χ3n) is 4.01. The van der Waals surface area contributed by atoms with Crippen LogP contribution in [-0.4, -0.2) is 29.8 Å². The molecule has 2 N–H and O–H groups in total. The number of ether oxygens (including phenoxy) is 2. The van der Waals surface area contributed by atoms with Crippen LogP contribution in [0.5, 0.6) is 5.88 Å². The van der Waals surface area contributed by atoms with Crippen LogP contribution in [0.15, 0.2) is 6.07 Å². The molecule has 0 spiro atoms. The molecular formula is C15H20N2O2S. The maximum absolute atomic E-state index is 5.89. The van der Waals surface area contributed by atoms with Crippen LogP contribution in [0.3, 0.4) is 0 Å². The summed E-state index contributed by atoms with van der Waals surface area (Å²) < 4.78 is 11.3. The van der Waals surface area contributed by atoms with Gasteiger partial charge in [-0.2, -0.15) is 0 Å². The second kappa shape index (κ2) is 6.06. The van der Waals surface area contributed by atoms with Gasteiger partial charge in [0.15, 0.2) is 0 Å². The molecule has 3 rings (SSSR count). The van der Waals surface area contributed by atoms with Crippen molar-refractivity contribution in [3.63, 3.8) is 0 Å². The Bertz CT molecular complexity index is 513. The zero-order chi connectivity index (χ0) is 13.9. The molecule has 0 saturated carbocycles. The number of pyridine rings is 1. The topological polar surface area (TPSA) is 57.4 Å². The summed E-state index contributed by atoms with van der Waals surface area (Å²) in [5.41, 5.74) is 9.02. The maximum Gasteiger partial charge on any atom is 0.224 e. The van der Waals surface area contributed by atoms with Crippen molar-refractivity contribution in [1.29, 1.82) is 0 Å². The molecule has 20 heavy (non-hydrogen) atoms. The van der Waals surface area contributed by atoms with E-state index in [0.717, 1.165) is 43.7 Å². The van der Waals surface area contributed by atoms with Gasteiger partial charge in [-0.05, 0) is 43.7 Å². The first kappa shape index (κ1) is 13.8. The SMILES string of the molecule is NC(=S)c1cc2c(nc1OCC1CCOC1)CCCC2. The van der Waals surface area contributed by atoms with E-state index in [9.17, 15) is 0 Å². The van der Waals surface area contributed by atoms with Gasteiger partial charge in [-0.1, -0.05) is 12.2 Å². The van der Waals surface area contributed by atoms with Gasteiger partial charge in [0.1, 0.15) is 4.99 Å². The van der Waals surface area contributed by atoms with Gasteiger partial charge in [-0.3, -0.25) is 0 Å². The number of rotatable bonds is 4. The number of aromatic nitrogens is 1. The van der Waals surface area contributed by atoms with Crippen molar-refractivity contribution in [2.24, 2.45) is 11.7 Å². The molecule has 1 fully saturated rings. The standard InChI is InChI=1S/C15H20N2O2S/c16-14(20)12-7-11-3-1-2-4-13(11)17-15(12)19-9-10-5-6-18-8-10/h7,10H,1-6,8-9H2,(H2,16,20). The van der Waals surface area contributed by atoms with Gasteiger partial charge in [-0.15, -0.1) is 0 Å². The van der Waals surface area contributed by atoms with E-state index in [4.69, 9.17) is 27.4 Å². The fourth-order valence-corrected chi connectivity index (χ4v) is 2.96. The van der Waals surface area contributed by atoms with Crippen molar-refractivity contribution in [3.8, 4) is 5.88 Å². The summed E-state index contributed by atoms with van der Waals surface area (Å²) >= 11 is 5.14. The first-order chi connectivity index (χ1) is 9.74. The summed E-state index contributed by atoms with van der Waals surface area (Å²) in [6.07, 6.45) is 5.55. The Balaban J connectivity index is 1.81. The van der Waals surface area contributed by atoms with E-state index in [2.05, 4.69) is 11.1 Å². The minimum Gasteiger partial charge on any atom is -0.477 e. The summed E-state index contributed by atoms with van der Waals surface area (Å²) in [4.78, 5) is 5.03. The van der Waals surface area contributed by atoms with E-state index in [1.165, 1.54) is 18.4 Å². The van der Waals surface area contributed by atoms with E-state index < -0.39 is 0 Å². The Kier molecular flexibility index (Phi) is 4.17. The zero-order valence-electron chi connectivity index (χ0n) is 11.6. The average Bonchev–Trinajstić information content (AvgIpc) is 2.97. The number of nitrogens with two attached hydrogens (primary N) is 1. The van der Waals surface area contributed by atoms with Crippen molar-refractivity contribution >= 4 is 17.2 Å². The Hall–Kier alpha value is -1.20. The number of hydrogen-bond donors (Lipinski definition) is 1. The third kappa shape index (κ3) is 2.94. The molecule has 4 nitrogen and oxygen atoms in total. The number of thiocarbonyl (C=S) groups is 1. The Morgan fingerprint density at radius 3 is 3.05 bits per heavy atom. The molecule has 1 unspecified atom stereocenters. The monoisotopic (exact) mass is 292 g/mol. The minimum absolute atomic E-state index is 0.364. The molecule has 0 aromatic carbocycles. The van der Waals surface area contributed by atoms with Crippen LogP contribution in [0.25, 0.3) is 0 Å². The second-order valence-electron chi connectivity index (χ2n) is 5.56. The van der Waals surface area contributed by atoms with Gasteiger partial charge in [-0.25, -0.2) is 4.98 Å². The lowest BCUT2D eigenvalue weighted by atomic mass is 9.95. The molecule has 108 valence electrons. The quantitative estimate of drug-likeness (QED) is 0.860. The molecule has 1 aliphatic carbocycles. The Morgan fingerprint density at radius 2 is 2.30 bits per heavy atom. The first-order valence-corrected chi connectivity index (χ1v) is 7.68. The highest BCUT2D eigenvalue weighted by Gasteiger charge is 2.20. The van der Waals surface area contributed by atoms with Crippen molar-refractivity contribution in [2.75, 3.05) is 19.8 Å². The molecular weight excluding hydrogens is 272 g/mol. The van der Waals surface area contributed by atoms with E-state index in [-0.39, 0.29) is 0 Å². The van der Waals surface area contributed by atoms with Gasteiger partial charge >= 0.3 is 0 Å². The molecule has 2 heterocycles. The predicted molar refractivity (Wildman–Crippen MR) is 81.2 cm³/mol. The van der Waals surface area contributed by atoms with Crippen LogP contribution in [0.4, 0.5) is 0 Å². The highest BCUT2D eigenvalue weighted by Crippen LogP contribution is 2.26. The van der Waals surface area contributed by atoms with Gasteiger partial charge < -0.3 is 15.2 Å². The zero-order valence-corrected chi connectivity index (χ0v) is 12.4. The lowest BCUT2D eigenvalue weighted by Crippen LogP contribution is -2.19. The smallest absolute Gasteiger partial charge is 0.224 e. The highest BCUT2D eigenvalue weighted by atomic mass is 32.1. The predicted octanol–water partition coefficient (Wildman–Crippen LogP) is 2.01. The molecule has 1 aromatic rings. The van der Waals surface area contributed by atoms with Crippen molar-refractivity contribution in [1.82, 2.24) is 4.98 Å². The number of fused-ring (bicyclic) bond motifs is 1. The molecule has 5 heteroatoms. The van der Waals surface area contributed by atoms with Crippen LogP contribution in [0.2, 0.25) is 0 Å². The maximum atomic E-state index is 5.89. The van der Waals surface area contributed by atoms with Gasteiger partial charge in [0.25, 0.3) is 0 Å². The second-order valence-corrected chi connectivity index (χ2v) is 6.00. The van der Waals surface area contributed by atoms with Crippen LogP contribution < -0.4 is 10.5 Å². The molecule has 1 aromatic heterocycles. The lowest BCUT2D eigenvalue weighted by Gasteiger charge is -2.19. The van der Waals surface area contributed by atoms with Crippen molar-refractivity contribution in [2.45, 2.75) is 32.1 Å². The largest absolute Gasteiger partial charge is 0.477 e. The van der Waals surface area contributed by atoms with Crippen LogP contribution in [0.1, 0.15) is 36.1 Å². The van der Waals surface area contributed by atoms with Crippen molar-refractivity contribution in [3.05, 3.63) is 22.9 Å². The molecule has 2 aliphatic rings. The molecule has 0 radical (unpaired) electrons. The summed E-state index contributed by atoms with van der Waals surface area (Å²) in [5, 5.41) is 0. The molecule has 0 amide bonds. The van der Waals surface area contributed by atoms with E-state index in [1.807, 2.05) is 0 Å². The van der Waals surface area contributed by atoms with Gasteiger partial charge in [0.05, 0.1) is 18.8 Å². The average molecular weight is 292 g/mol. The third-order valence-corrected chi connectivity index (χ3v) is 4.23. The van der Waals surface area contributed by atoms with Crippen molar-refractivity contribution < 1.29 is 9.47 Å². The Labute approximate surface area is 124 Å². The van der Waals surface area contributed by atoms with Gasteiger partial charge in [0, 0.05) is 18.2 Å². The molecule has 1 atom stereocenters. The number of hydrogen-bond acceptors (Lipinski definition) is 4.